The van der Waals surface area contributed by atoms with E-state index in [1.165, 1.54) is 11.3 Å². The van der Waals surface area contributed by atoms with E-state index in [1.807, 2.05) is 13.8 Å². The quantitative estimate of drug-likeness (QED) is 0.833. The Balaban J connectivity index is 2.71. The summed E-state index contributed by atoms with van der Waals surface area (Å²) in [5, 5.41) is 1.52. The second-order valence-electron chi connectivity index (χ2n) is 3.67. The van der Waals surface area contributed by atoms with Crippen LogP contribution in [0.25, 0.3) is 0 Å². The summed E-state index contributed by atoms with van der Waals surface area (Å²) in [6.07, 6.45) is 0. The molecule has 1 heterocycles. The van der Waals surface area contributed by atoms with E-state index in [0.717, 1.165) is 0 Å². The van der Waals surface area contributed by atoms with Crippen molar-refractivity contribution in [2.24, 2.45) is 5.92 Å². The molecule has 0 bridgehead atoms. The van der Waals surface area contributed by atoms with Crippen molar-refractivity contribution in [1.82, 2.24) is 4.72 Å². The molecule has 7 heteroatoms. The van der Waals surface area contributed by atoms with Gasteiger partial charge in [0.15, 0.2) is 0 Å². The Morgan fingerprint density at radius 2 is 2.19 bits per heavy atom. The van der Waals surface area contributed by atoms with Gasteiger partial charge in [-0.1, -0.05) is 13.8 Å². The van der Waals surface area contributed by atoms with Crippen LogP contribution < -0.4 is 4.72 Å². The molecule has 0 saturated carbocycles. The lowest BCUT2D eigenvalue weighted by Crippen LogP contribution is -2.31. The predicted octanol–water partition coefficient (Wildman–Crippen LogP) is 3.05. The Morgan fingerprint density at radius 3 is 2.62 bits per heavy atom. The van der Waals surface area contributed by atoms with Crippen molar-refractivity contribution in [3.63, 3.8) is 0 Å². The Hall–Kier alpha value is 0.380. The lowest BCUT2D eigenvalue weighted by atomic mass is 10.1. The molecule has 0 aliphatic heterocycles. The molecule has 92 valence electrons. The van der Waals surface area contributed by atoms with Crippen molar-refractivity contribution >= 4 is 48.9 Å². The number of nitrogens with one attached hydrogen (secondary N) is 1. The van der Waals surface area contributed by atoms with Crippen molar-refractivity contribution in [3.05, 3.63) is 15.9 Å². The van der Waals surface area contributed by atoms with Crippen molar-refractivity contribution in [2.75, 3.05) is 6.54 Å². The van der Waals surface area contributed by atoms with Gasteiger partial charge in [-0.3, -0.25) is 0 Å². The second-order valence-corrected chi connectivity index (χ2v) is 7.96. The fourth-order valence-electron chi connectivity index (χ4n) is 0.962. The number of thiophene rings is 1. The molecule has 0 aliphatic rings. The minimum absolute atomic E-state index is 0.200. The number of alkyl halides is 1. The van der Waals surface area contributed by atoms with Gasteiger partial charge in [-0.15, -0.1) is 22.9 Å². The number of sulfonamides is 1. The van der Waals surface area contributed by atoms with Crippen LogP contribution >= 0.6 is 38.9 Å². The maximum atomic E-state index is 11.9. The fourth-order valence-corrected chi connectivity index (χ4v) is 4.57. The van der Waals surface area contributed by atoms with Gasteiger partial charge in [0.05, 0.1) is 0 Å². The number of hydrogen-bond donors (Lipinski definition) is 1. The highest BCUT2D eigenvalue weighted by Crippen LogP contribution is 2.27. The highest BCUT2D eigenvalue weighted by Gasteiger charge is 2.20. The molecule has 0 amide bonds. The first-order chi connectivity index (χ1) is 7.34. The summed E-state index contributed by atoms with van der Waals surface area (Å²) in [6, 6.07) is 1.71. The largest absolute Gasteiger partial charge is 0.251 e. The van der Waals surface area contributed by atoms with Gasteiger partial charge in [-0.2, -0.15) is 0 Å². The molecule has 16 heavy (non-hydrogen) atoms. The van der Waals surface area contributed by atoms with E-state index in [0.29, 0.717) is 8.68 Å². The zero-order chi connectivity index (χ0) is 12.3. The summed E-state index contributed by atoms with van der Waals surface area (Å²) in [4.78, 5) is 0. The maximum absolute atomic E-state index is 11.9. The van der Waals surface area contributed by atoms with Gasteiger partial charge in [0.1, 0.15) is 4.21 Å². The predicted molar refractivity (Wildman–Crippen MR) is 71.7 cm³/mol. The molecule has 1 unspecified atom stereocenters. The second kappa shape index (κ2) is 5.82. The molecular formula is C9H13BrClNO2S2. The van der Waals surface area contributed by atoms with E-state index >= 15 is 0 Å². The molecule has 1 aromatic rings. The van der Waals surface area contributed by atoms with Crippen LogP contribution in [0.5, 0.6) is 0 Å². The van der Waals surface area contributed by atoms with Crippen molar-refractivity contribution in [3.8, 4) is 0 Å². The van der Waals surface area contributed by atoms with Gasteiger partial charge in [0, 0.05) is 16.4 Å². The molecule has 0 radical (unpaired) electrons. The van der Waals surface area contributed by atoms with Crippen molar-refractivity contribution in [1.29, 1.82) is 0 Å². The molecule has 0 spiro atoms. The summed E-state index contributed by atoms with van der Waals surface area (Å²) in [5.41, 5.74) is 0. The zero-order valence-electron chi connectivity index (χ0n) is 8.91. The lowest BCUT2D eigenvalue weighted by molar-refractivity contribution is 0.557. The van der Waals surface area contributed by atoms with Gasteiger partial charge >= 0.3 is 0 Å². The van der Waals surface area contributed by atoms with E-state index in [-0.39, 0.29) is 17.8 Å². The Morgan fingerprint density at radius 1 is 1.56 bits per heavy atom. The first-order valence-corrected chi connectivity index (χ1v) is 8.30. The Bertz CT molecular complexity index is 444. The van der Waals surface area contributed by atoms with Crippen LogP contribution in [0.1, 0.15) is 13.8 Å². The van der Waals surface area contributed by atoms with Gasteiger partial charge in [0.2, 0.25) is 0 Å². The van der Waals surface area contributed by atoms with Crippen LogP contribution in [0.4, 0.5) is 0 Å². The third-order valence-electron chi connectivity index (χ3n) is 2.02. The summed E-state index contributed by atoms with van der Waals surface area (Å²) in [5.74, 6) is 0.233. The van der Waals surface area contributed by atoms with Crippen molar-refractivity contribution < 1.29 is 8.42 Å². The first-order valence-electron chi connectivity index (χ1n) is 4.71. The molecule has 1 atom stereocenters. The molecule has 0 saturated heterocycles. The van der Waals surface area contributed by atoms with Crippen LogP contribution in [-0.4, -0.2) is 20.3 Å². The molecule has 1 N–H and O–H groups in total. The molecule has 0 aromatic carbocycles. The maximum Gasteiger partial charge on any atom is 0.251 e. The molecule has 0 aliphatic carbocycles. The Kier molecular flexibility index (Phi) is 5.25. The number of hydrogen-bond acceptors (Lipinski definition) is 3. The third-order valence-corrected chi connectivity index (χ3v) is 6.77. The smallest absolute Gasteiger partial charge is 0.209 e. The summed E-state index contributed by atoms with van der Waals surface area (Å²) in [7, 11) is -3.44. The highest BCUT2D eigenvalue weighted by molar-refractivity contribution is 9.10. The van der Waals surface area contributed by atoms with Crippen molar-refractivity contribution in [2.45, 2.75) is 23.4 Å². The fraction of sp³-hybridized carbons (Fsp3) is 0.556. The monoisotopic (exact) mass is 345 g/mol. The number of halogens is 2. The molecule has 1 rings (SSSR count). The van der Waals surface area contributed by atoms with Crippen LogP contribution in [0.15, 0.2) is 20.1 Å². The average molecular weight is 347 g/mol. The molecule has 0 fully saturated rings. The number of rotatable bonds is 5. The zero-order valence-corrected chi connectivity index (χ0v) is 12.9. The summed E-state index contributed by atoms with van der Waals surface area (Å²) in [6.45, 7) is 4.14. The van der Waals surface area contributed by atoms with Gasteiger partial charge in [0.25, 0.3) is 10.0 Å². The first kappa shape index (κ1) is 14.4. The van der Waals surface area contributed by atoms with E-state index in [9.17, 15) is 8.42 Å². The van der Waals surface area contributed by atoms with Crippen LogP contribution in [0, 0.1) is 5.92 Å². The van der Waals surface area contributed by atoms with Gasteiger partial charge in [-0.05, 0) is 33.3 Å². The van der Waals surface area contributed by atoms with E-state index in [1.54, 1.807) is 11.4 Å². The summed E-state index contributed by atoms with van der Waals surface area (Å²) >= 11 is 10.4. The minimum Gasteiger partial charge on any atom is -0.209 e. The van der Waals surface area contributed by atoms with Crippen LogP contribution in [-0.2, 0) is 10.0 Å². The van der Waals surface area contributed by atoms with E-state index < -0.39 is 10.0 Å². The third kappa shape index (κ3) is 3.70. The Labute approximate surface area is 113 Å². The van der Waals surface area contributed by atoms with Crippen LogP contribution in [0.2, 0.25) is 0 Å². The topological polar surface area (TPSA) is 46.2 Å². The van der Waals surface area contributed by atoms with E-state index in [2.05, 4.69) is 20.7 Å². The van der Waals surface area contributed by atoms with Gasteiger partial charge < -0.3 is 0 Å². The normalized spacial score (nSPS) is 14.3. The summed E-state index contributed by atoms with van der Waals surface area (Å²) < 4.78 is 27.1. The lowest BCUT2D eigenvalue weighted by Gasteiger charge is -2.13. The average Bonchev–Trinajstić information content (AvgIpc) is 2.61. The molecule has 1 aromatic heterocycles. The van der Waals surface area contributed by atoms with Gasteiger partial charge in [-0.25, -0.2) is 13.1 Å². The SMILES string of the molecule is CC(C)C(Cl)CNS(=O)(=O)c1sccc1Br. The standard InChI is InChI=1S/C9H13BrClNO2S2/c1-6(2)8(11)5-12-16(13,14)9-7(10)3-4-15-9/h3-4,6,8,12H,5H2,1-2H3. The molecule has 3 nitrogen and oxygen atoms in total. The minimum atomic E-state index is -3.44. The van der Waals surface area contributed by atoms with Crippen LogP contribution in [0.3, 0.4) is 0 Å². The molecular weight excluding hydrogens is 334 g/mol. The van der Waals surface area contributed by atoms with E-state index in [4.69, 9.17) is 11.6 Å². The highest BCUT2D eigenvalue weighted by atomic mass is 79.9.